The fraction of sp³-hybridized carbons (Fsp3) is 0.444. The van der Waals surface area contributed by atoms with Crippen molar-refractivity contribution in [3.05, 3.63) is 29.8 Å². The molecule has 0 aromatic carbocycles. The van der Waals surface area contributed by atoms with Gasteiger partial charge in [0.25, 0.3) is 0 Å². The van der Waals surface area contributed by atoms with Crippen LogP contribution in [0.4, 0.5) is 4.39 Å². The van der Waals surface area contributed by atoms with Gasteiger partial charge < -0.3 is 11.1 Å². The van der Waals surface area contributed by atoms with Gasteiger partial charge in [0.15, 0.2) is 0 Å². The van der Waals surface area contributed by atoms with Gasteiger partial charge in [0.05, 0.1) is 0 Å². The molecule has 0 unspecified atom stereocenters. The smallest absolute Gasteiger partial charge is 0.212 e. The Balaban J connectivity index is 2.25. The normalized spacial score (nSPS) is 10.3. The summed E-state index contributed by atoms with van der Waals surface area (Å²) in [5, 5.41) is 3.15. The molecule has 0 fully saturated rings. The molecule has 0 spiro atoms. The predicted octanol–water partition coefficient (Wildman–Crippen LogP) is 0.311. The molecule has 0 aliphatic heterocycles. The zero-order valence-electron chi connectivity index (χ0n) is 7.46. The molecule has 1 aromatic heterocycles. The van der Waals surface area contributed by atoms with Crippen LogP contribution in [0.15, 0.2) is 18.3 Å². The van der Waals surface area contributed by atoms with Crippen molar-refractivity contribution in [2.45, 2.75) is 6.42 Å². The zero-order valence-corrected chi connectivity index (χ0v) is 7.46. The number of halogens is 1. The molecule has 0 aliphatic carbocycles. The van der Waals surface area contributed by atoms with E-state index in [2.05, 4.69) is 10.3 Å². The first-order valence-corrected chi connectivity index (χ1v) is 4.34. The Bertz CT molecular complexity index is 235. The molecule has 72 valence electrons. The lowest BCUT2D eigenvalue weighted by molar-refractivity contribution is 0.581. The van der Waals surface area contributed by atoms with Crippen LogP contribution in [0.2, 0.25) is 0 Å². The monoisotopic (exact) mass is 183 g/mol. The molecule has 0 saturated heterocycles. The van der Waals surface area contributed by atoms with Crippen molar-refractivity contribution in [2.24, 2.45) is 5.73 Å². The third kappa shape index (κ3) is 3.96. The lowest BCUT2D eigenvalue weighted by Crippen LogP contribution is -2.24. The Kier molecular flexibility index (Phi) is 4.35. The molecule has 1 aromatic rings. The molecule has 0 aliphatic rings. The summed E-state index contributed by atoms with van der Waals surface area (Å²) in [7, 11) is 0. The summed E-state index contributed by atoms with van der Waals surface area (Å²) in [5.41, 5.74) is 6.34. The predicted molar refractivity (Wildman–Crippen MR) is 49.8 cm³/mol. The Morgan fingerprint density at radius 3 is 2.85 bits per heavy atom. The molecule has 1 heterocycles. The number of hydrogen-bond acceptors (Lipinski definition) is 3. The van der Waals surface area contributed by atoms with Gasteiger partial charge in [-0.2, -0.15) is 4.39 Å². The molecule has 3 nitrogen and oxygen atoms in total. The second-order valence-corrected chi connectivity index (χ2v) is 2.78. The van der Waals surface area contributed by atoms with Crippen molar-refractivity contribution >= 4 is 0 Å². The summed E-state index contributed by atoms with van der Waals surface area (Å²) < 4.78 is 12.4. The Morgan fingerprint density at radius 1 is 1.38 bits per heavy atom. The van der Waals surface area contributed by atoms with E-state index in [1.165, 1.54) is 6.07 Å². The third-order valence-corrected chi connectivity index (χ3v) is 1.70. The van der Waals surface area contributed by atoms with Crippen LogP contribution in [0.1, 0.15) is 5.56 Å². The highest BCUT2D eigenvalue weighted by molar-refractivity contribution is 5.09. The maximum atomic E-state index is 12.4. The number of nitrogens with one attached hydrogen (secondary N) is 1. The summed E-state index contributed by atoms with van der Waals surface area (Å²) in [6.07, 6.45) is 2.41. The number of nitrogens with zero attached hydrogens (tertiary/aromatic N) is 1. The molecular formula is C9H14FN3. The minimum Gasteiger partial charge on any atom is -0.329 e. The van der Waals surface area contributed by atoms with Crippen molar-refractivity contribution in [1.29, 1.82) is 0 Å². The van der Waals surface area contributed by atoms with Crippen LogP contribution < -0.4 is 11.1 Å². The fourth-order valence-electron chi connectivity index (χ4n) is 1.01. The molecule has 13 heavy (non-hydrogen) atoms. The van der Waals surface area contributed by atoms with Crippen molar-refractivity contribution in [2.75, 3.05) is 19.6 Å². The minimum absolute atomic E-state index is 0.432. The molecule has 0 atom stereocenters. The first-order valence-electron chi connectivity index (χ1n) is 4.34. The van der Waals surface area contributed by atoms with Gasteiger partial charge in [-0.15, -0.1) is 0 Å². The fourth-order valence-corrected chi connectivity index (χ4v) is 1.01. The van der Waals surface area contributed by atoms with Gasteiger partial charge in [0.2, 0.25) is 5.95 Å². The van der Waals surface area contributed by atoms with Crippen molar-refractivity contribution in [3.8, 4) is 0 Å². The van der Waals surface area contributed by atoms with E-state index in [1.807, 2.05) is 0 Å². The van der Waals surface area contributed by atoms with Gasteiger partial charge in [-0.3, -0.25) is 0 Å². The van der Waals surface area contributed by atoms with Gasteiger partial charge in [0.1, 0.15) is 0 Å². The van der Waals surface area contributed by atoms with Crippen molar-refractivity contribution in [3.63, 3.8) is 0 Å². The highest BCUT2D eigenvalue weighted by Crippen LogP contribution is 1.98. The lowest BCUT2D eigenvalue weighted by atomic mass is 10.2. The molecule has 4 heteroatoms. The van der Waals surface area contributed by atoms with Crippen molar-refractivity contribution < 1.29 is 4.39 Å². The number of pyridine rings is 1. The summed E-state index contributed by atoms with van der Waals surface area (Å²) in [5.74, 6) is -0.432. The van der Waals surface area contributed by atoms with E-state index < -0.39 is 5.95 Å². The van der Waals surface area contributed by atoms with E-state index in [1.54, 1.807) is 12.3 Å². The average Bonchev–Trinajstić information content (AvgIpc) is 2.15. The topological polar surface area (TPSA) is 50.9 Å². The summed E-state index contributed by atoms with van der Waals surface area (Å²) in [4.78, 5) is 3.56. The second-order valence-electron chi connectivity index (χ2n) is 2.78. The molecule has 0 amide bonds. The highest BCUT2D eigenvalue weighted by Gasteiger charge is 1.94. The largest absolute Gasteiger partial charge is 0.329 e. The maximum Gasteiger partial charge on any atom is 0.212 e. The van der Waals surface area contributed by atoms with Gasteiger partial charge in [-0.25, -0.2) is 4.98 Å². The van der Waals surface area contributed by atoms with Crippen molar-refractivity contribution in [1.82, 2.24) is 10.3 Å². The molecule has 0 bridgehead atoms. The van der Waals surface area contributed by atoms with Crippen LogP contribution in [0.5, 0.6) is 0 Å². The maximum absolute atomic E-state index is 12.4. The van der Waals surface area contributed by atoms with E-state index in [9.17, 15) is 4.39 Å². The number of rotatable bonds is 5. The van der Waals surface area contributed by atoms with Gasteiger partial charge in [0, 0.05) is 19.3 Å². The molecule has 0 saturated carbocycles. The molecule has 1 rings (SSSR count). The Labute approximate surface area is 77.2 Å². The van der Waals surface area contributed by atoms with E-state index in [0.29, 0.717) is 6.54 Å². The highest BCUT2D eigenvalue weighted by atomic mass is 19.1. The molecule has 0 radical (unpaired) electrons. The average molecular weight is 183 g/mol. The van der Waals surface area contributed by atoms with Crippen LogP contribution in [0.25, 0.3) is 0 Å². The Hall–Kier alpha value is -1.00. The Morgan fingerprint density at radius 2 is 2.23 bits per heavy atom. The van der Waals surface area contributed by atoms with E-state index >= 15 is 0 Å². The first-order chi connectivity index (χ1) is 6.33. The van der Waals surface area contributed by atoms with E-state index in [4.69, 9.17) is 5.73 Å². The van der Waals surface area contributed by atoms with Crippen LogP contribution in [0.3, 0.4) is 0 Å². The van der Waals surface area contributed by atoms with Crippen LogP contribution >= 0.6 is 0 Å². The van der Waals surface area contributed by atoms with Crippen LogP contribution in [-0.2, 0) is 6.42 Å². The lowest BCUT2D eigenvalue weighted by Gasteiger charge is -2.02. The van der Waals surface area contributed by atoms with Gasteiger partial charge in [-0.1, -0.05) is 6.07 Å². The number of aromatic nitrogens is 1. The van der Waals surface area contributed by atoms with Crippen LogP contribution in [-0.4, -0.2) is 24.6 Å². The van der Waals surface area contributed by atoms with Gasteiger partial charge in [-0.05, 0) is 24.6 Å². The van der Waals surface area contributed by atoms with E-state index in [-0.39, 0.29) is 0 Å². The van der Waals surface area contributed by atoms with Gasteiger partial charge >= 0.3 is 0 Å². The second kappa shape index (κ2) is 5.61. The quantitative estimate of drug-likeness (QED) is 0.510. The summed E-state index contributed by atoms with van der Waals surface area (Å²) in [6.45, 7) is 2.31. The molecular weight excluding hydrogens is 169 g/mol. The molecule has 3 N–H and O–H groups in total. The SMILES string of the molecule is NCCNCCc1ccc(F)nc1. The number of hydrogen-bond donors (Lipinski definition) is 2. The van der Waals surface area contributed by atoms with E-state index in [0.717, 1.165) is 25.1 Å². The number of nitrogens with two attached hydrogens (primary N) is 1. The third-order valence-electron chi connectivity index (χ3n) is 1.70. The first kappa shape index (κ1) is 10.1. The zero-order chi connectivity index (χ0) is 9.52. The summed E-state index contributed by atoms with van der Waals surface area (Å²) >= 11 is 0. The standard InChI is InChI=1S/C9H14FN3/c10-9-2-1-8(7-13-9)3-5-12-6-4-11/h1-2,7,12H,3-6,11H2. The minimum atomic E-state index is -0.432. The summed E-state index contributed by atoms with van der Waals surface area (Å²) in [6, 6.07) is 3.12. The van der Waals surface area contributed by atoms with Crippen LogP contribution in [0, 0.1) is 5.95 Å².